The molecule has 3 rings (SSSR count). The molecule has 0 atom stereocenters. The van der Waals surface area contributed by atoms with E-state index in [1.165, 1.54) is 6.07 Å². The van der Waals surface area contributed by atoms with E-state index in [0.29, 0.717) is 18.1 Å². The minimum absolute atomic E-state index is 0.0758. The van der Waals surface area contributed by atoms with Gasteiger partial charge in [-0.25, -0.2) is 9.18 Å². The molecule has 0 amide bonds. The molecule has 0 fully saturated rings. The Labute approximate surface area is 144 Å². The Balaban J connectivity index is 1.68. The summed E-state index contributed by atoms with van der Waals surface area (Å²) in [5.41, 5.74) is 0.824. The molecule has 4 nitrogen and oxygen atoms in total. The van der Waals surface area contributed by atoms with E-state index in [1.807, 2.05) is 30.3 Å². The van der Waals surface area contributed by atoms with Crippen LogP contribution in [0.5, 0.6) is 17.2 Å². The highest BCUT2D eigenvalue weighted by atomic mass is 19.1. The summed E-state index contributed by atoms with van der Waals surface area (Å²) < 4.78 is 24.4. The molecule has 0 aliphatic rings. The number of halogens is 1. The predicted octanol–water partition coefficient (Wildman–Crippen LogP) is 4.90. The summed E-state index contributed by atoms with van der Waals surface area (Å²) in [5.74, 6) is -0.714. The molecule has 1 N–H and O–H groups in total. The number of carbonyl (C=O) groups is 1. The van der Waals surface area contributed by atoms with Crippen molar-refractivity contribution in [3.63, 3.8) is 0 Å². The van der Waals surface area contributed by atoms with E-state index in [0.717, 1.165) is 17.7 Å². The van der Waals surface area contributed by atoms with Crippen LogP contribution in [0.25, 0.3) is 0 Å². The summed E-state index contributed by atoms with van der Waals surface area (Å²) in [6, 6.07) is 19.9. The van der Waals surface area contributed by atoms with Gasteiger partial charge in [0, 0.05) is 0 Å². The van der Waals surface area contributed by atoms with Gasteiger partial charge in [-0.2, -0.15) is 0 Å². The summed E-state index contributed by atoms with van der Waals surface area (Å²) in [4.78, 5) is 11.2. The molecule has 0 spiro atoms. The van der Waals surface area contributed by atoms with E-state index < -0.39 is 11.8 Å². The van der Waals surface area contributed by atoms with E-state index in [2.05, 4.69) is 0 Å². The third kappa shape index (κ3) is 4.35. The van der Waals surface area contributed by atoms with Gasteiger partial charge < -0.3 is 14.6 Å². The molecule has 0 heterocycles. The number of hydrogen-bond donors (Lipinski definition) is 1. The van der Waals surface area contributed by atoms with Crippen molar-refractivity contribution in [1.82, 2.24) is 0 Å². The number of carboxylic acids is 1. The average molecular weight is 338 g/mol. The van der Waals surface area contributed by atoms with Crippen molar-refractivity contribution >= 4 is 5.97 Å². The molecule has 126 valence electrons. The largest absolute Gasteiger partial charge is 0.489 e. The van der Waals surface area contributed by atoms with Gasteiger partial charge in [-0.1, -0.05) is 30.3 Å². The molecule has 5 heteroatoms. The summed E-state index contributed by atoms with van der Waals surface area (Å²) in [6.45, 7) is 0.447. The molecule has 0 radical (unpaired) electrons. The second-order valence-corrected chi connectivity index (χ2v) is 5.29. The van der Waals surface area contributed by atoms with Gasteiger partial charge in [-0.05, 0) is 48.0 Å². The van der Waals surface area contributed by atoms with Crippen molar-refractivity contribution in [3.8, 4) is 17.2 Å². The van der Waals surface area contributed by atoms with E-state index >= 15 is 0 Å². The summed E-state index contributed by atoms with van der Waals surface area (Å²) in [5, 5.41) is 9.12. The van der Waals surface area contributed by atoms with Crippen molar-refractivity contribution in [2.24, 2.45) is 0 Å². The van der Waals surface area contributed by atoms with Crippen LogP contribution in [0.3, 0.4) is 0 Å². The maximum atomic E-state index is 13.2. The molecule has 0 unspecified atom stereocenters. The van der Waals surface area contributed by atoms with Gasteiger partial charge >= 0.3 is 5.97 Å². The summed E-state index contributed by atoms with van der Waals surface area (Å²) in [6.07, 6.45) is 0. The third-order valence-electron chi connectivity index (χ3n) is 3.47. The zero-order valence-corrected chi connectivity index (χ0v) is 13.2. The Morgan fingerprint density at radius 1 is 0.920 bits per heavy atom. The van der Waals surface area contributed by atoms with Crippen molar-refractivity contribution in [3.05, 3.63) is 89.7 Å². The lowest BCUT2D eigenvalue weighted by Crippen LogP contribution is -2.01. The lowest BCUT2D eigenvalue weighted by molar-refractivity contribution is 0.0693. The van der Waals surface area contributed by atoms with Crippen LogP contribution in [0.2, 0.25) is 0 Å². The number of hydrogen-bond acceptors (Lipinski definition) is 3. The summed E-state index contributed by atoms with van der Waals surface area (Å²) in [7, 11) is 0. The Hall–Kier alpha value is -3.34. The predicted molar refractivity (Wildman–Crippen MR) is 90.6 cm³/mol. The smallest absolute Gasteiger partial charge is 0.339 e. The van der Waals surface area contributed by atoms with Crippen LogP contribution in [0.1, 0.15) is 15.9 Å². The number of ether oxygens (including phenoxy) is 2. The second-order valence-electron chi connectivity index (χ2n) is 5.29. The molecular formula is C20H15FO4. The fourth-order valence-corrected chi connectivity index (χ4v) is 2.23. The number of aromatic carboxylic acids is 1. The first-order valence-electron chi connectivity index (χ1n) is 7.59. The Kier molecular flexibility index (Phi) is 4.95. The Bertz CT molecular complexity index is 861. The summed E-state index contributed by atoms with van der Waals surface area (Å²) >= 11 is 0. The maximum Gasteiger partial charge on any atom is 0.339 e. The Morgan fingerprint density at radius 3 is 2.28 bits per heavy atom. The first kappa shape index (κ1) is 16.5. The van der Waals surface area contributed by atoms with Gasteiger partial charge in [0.2, 0.25) is 0 Å². The van der Waals surface area contributed by atoms with Gasteiger partial charge in [0.25, 0.3) is 0 Å². The molecule has 3 aromatic carbocycles. The van der Waals surface area contributed by atoms with Gasteiger partial charge in [-0.3, -0.25) is 0 Å². The van der Waals surface area contributed by atoms with E-state index in [9.17, 15) is 9.18 Å². The molecule has 0 aliphatic heterocycles. The van der Waals surface area contributed by atoms with Crippen LogP contribution in [0.4, 0.5) is 4.39 Å². The van der Waals surface area contributed by atoms with Gasteiger partial charge in [0.1, 0.15) is 35.2 Å². The number of benzene rings is 3. The highest BCUT2D eigenvalue weighted by molar-refractivity contribution is 5.91. The molecule has 3 aromatic rings. The van der Waals surface area contributed by atoms with Crippen molar-refractivity contribution < 1.29 is 23.8 Å². The normalized spacial score (nSPS) is 10.3. The molecule has 0 aromatic heterocycles. The van der Waals surface area contributed by atoms with E-state index in [-0.39, 0.29) is 11.3 Å². The topological polar surface area (TPSA) is 55.8 Å². The van der Waals surface area contributed by atoms with Crippen LogP contribution in [0.15, 0.2) is 72.8 Å². The third-order valence-corrected chi connectivity index (χ3v) is 3.47. The van der Waals surface area contributed by atoms with Gasteiger partial charge in [0.15, 0.2) is 0 Å². The van der Waals surface area contributed by atoms with E-state index in [1.54, 1.807) is 24.3 Å². The molecule has 0 bridgehead atoms. The lowest BCUT2D eigenvalue weighted by Gasteiger charge is -2.10. The monoisotopic (exact) mass is 338 g/mol. The van der Waals surface area contributed by atoms with Crippen molar-refractivity contribution in [2.75, 3.05) is 0 Å². The zero-order valence-electron chi connectivity index (χ0n) is 13.2. The highest BCUT2D eigenvalue weighted by Crippen LogP contribution is 2.27. The number of carboxylic acid groups (broad SMARTS) is 1. The fraction of sp³-hybridized carbons (Fsp3) is 0.0500. The minimum atomic E-state index is -1.25. The van der Waals surface area contributed by atoms with E-state index in [4.69, 9.17) is 14.6 Å². The quantitative estimate of drug-likeness (QED) is 0.695. The van der Waals surface area contributed by atoms with Crippen molar-refractivity contribution in [1.29, 1.82) is 0 Å². The second kappa shape index (κ2) is 7.49. The van der Waals surface area contributed by atoms with Crippen LogP contribution in [-0.2, 0) is 6.61 Å². The molecule has 25 heavy (non-hydrogen) atoms. The average Bonchev–Trinajstić information content (AvgIpc) is 2.63. The Morgan fingerprint density at radius 2 is 1.60 bits per heavy atom. The van der Waals surface area contributed by atoms with Crippen LogP contribution in [-0.4, -0.2) is 11.1 Å². The fourth-order valence-electron chi connectivity index (χ4n) is 2.23. The highest BCUT2D eigenvalue weighted by Gasteiger charge is 2.13. The molecule has 0 aliphatic carbocycles. The van der Waals surface area contributed by atoms with Gasteiger partial charge in [0.05, 0.1) is 0 Å². The van der Waals surface area contributed by atoms with Crippen LogP contribution < -0.4 is 9.47 Å². The zero-order chi connectivity index (χ0) is 17.6. The standard InChI is InChI=1S/C20H15FO4/c21-15-6-11-19(18(12-15)20(22)23)25-17-9-7-16(8-10-17)24-13-14-4-2-1-3-5-14/h1-12H,13H2,(H,22,23). The molecular weight excluding hydrogens is 323 g/mol. The lowest BCUT2D eigenvalue weighted by atomic mass is 10.2. The molecule has 0 saturated heterocycles. The SMILES string of the molecule is O=C(O)c1cc(F)ccc1Oc1ccc(OCc2ccccc2)cc1. The van der Waals surface area contributed by atoms with Crippen LogP contribution >= 0.6 is 0 Å². The maximum absolute atomic E-state index is 13.2. The van der Waals surface area contributed by atoms with Crippen molar-refractivity contribution in [2.45, 2.75) is 6.61 Å². The van der Waals surface area contributed by atoms with Crippen LogP contribution in [0, 0.1) is 5.82 Å². The molecule has 0 saturated carbocycles. The minimum Gasteiger partial charge on any atom is -0.489 e. The first-order valence-corrected chi connectivity index (χ1v) is 7.59. The van der Waals surface area contributed by atoms with Gasteiger partial charge in [-0.15, -0.1) is 0 Å². The first-order chi connectivity index (χ1) is 12.1. The number of rotatable bonds is 6.